The van der Waals surface area contributed by atoms with Crippen LogP contribution < -0.4 is 0 Å². The zero-order valence-electron chi connectivity index (χ0n) is 11.7. The molecular formula is C13H22O8. The number of aliphatic hydroxyl groups is 4. The van der Waals surface area contributed by atoms with E-state index < -0.39 is 30.8 Å². The molecule has 0 radical (unpaired) electrons. The van der Waals surface area contributed by atoms with Crippen LogP contribution >= 0.6 is 0 Å². The third kappa shape index (κ3) is 16.2. The van der Waals surface area contributed by atoms with Gasteiger partial charge in [-0.25, -0.2) is 9.59 Å². The van der Waals surface area contributed by atoms with Gasteiger partial charge in [0.1, 0.15) is 12.7 Å². The molecule has 0 aromatic carbocycles. The average Bonchev–Trinajstić information content (AvgIpc) is 2.51. The molecule has 0 rings (SSSR count). The average molecular weight is 306 g/mol. The van der Waals surface area contributed by atoms with Crippen LogP contribution in [-0.2, 0) is 19.1 Å². The highest BCUT2D eigenvalue weighted by atomic mass is 16.5. The highest BCUT2D eigenvalue weighted by Crippen LogP contribution is 1.91. The minimum Gasteiger partial charge on any atom is -0.462 e. The van der Waals surface area contributed by atoms with Gasteiger partial charge < -0.3 is 29.9 Å². The lowest BCUT2D eigenvalue weighted by atomic mass is 10.3. The maximum absolute atomic E-state index is 10.4. The SMILES string of the molecule is C=CC(=O)OCC(O)CO.C=CC(=O)OCCC(O)CO. The number of carbonyl (C=O) groups is 2. The van der Waals surface area contributed by atoms with E-state index in [0.717, 1.165) is 12.2 Å². The second-order valence-electron chi connectivity index (χ2n) is 3.67. The predicted octanol–water partition coefficient (Wildman–Crippen LogP) is -1.47. The summed E-state index contributed by atoms with van der Waals surface area (Å²) in [6, 6.07) is 0. The van der Waals surface area contributed by atoms with E-state index in [0.29, 0.717) is 0 Å². The lowest BCUT2D eigenvalue weighted by Gasteiger charge is -2.05. The van der Waals surface area contributed by atoms with Crippen LogP contribution in [0.4, 0.5) is 0 Å². The van der Waals surface area contributed by atoms with E-state index in [4.69, 9.17) is 20.4 Å². The van der Waals surface area contributed by atoms with E-state index >= 15 is 0 Å². The summed E-state index contributed by atoms with van der Waals surface area (Å²) in [5.74, 6) is -1.12. The number of carbonyl (C=O) groups excluding carboxylic acids is 2. The van der Waals surface area contributed by atoms with E-state index in [-0.39, 0.29) is 26.2 Å². The molecule has 0 aliphatic rings. The van der Waals surface area contributed by atoms with Gasteiger partial charge >= 0.3 is 11.9 Å². The molecule has 122 valence electrons. The predicted molar refractivity (Wildman–Crippen MR) is 73.1 cm³/mol. The fourth-order valence-corrected chi connectivity index (χ4v) is 0.736. The summed E-state index contributed by atoms with van der Waals surface area (Å²) in [4.78, 5) is 20.7. The van der Waals surface area contributed by atoms with Crippen molar-refractivity contribution < 1.29 is 39.5 Å². The smallest absolute Gasteiger partial charge is 0.330 e. The number of hydrogen-bond donors (Lipinski definition) is 4. The first-order valence-corrected chi connectivity index (χ1v) is 6.07. The Morgan fingerprint density at radius 3 is 1.86 bits per heavy atom. The molecule has 0 aliphatic heterocycles. The molecule has 0 bridgehead atoms. The van der Waals surface area contributed by atoms with Crippen LogP contribution in [0.1, 0.15) is 6.42 Å². The first-order chi connectivity index (χ1) is 9.90. The van der Waals surface area contributed by atoms with Crippen LogP contribution in [0.15, 0.2) is 25.3 Å². The van der Waals surface area contributed by atoms with Crippen molar-refractivity contribution in [3.63, 3.8) is 0 Å². The largest absolute Gasteiger partial charge is 0.462 e. The van der Waals surface area contributed by atoms with Gasteiger partial charge in [-0.3, -0.25) is 0 Å². The molecular weight excluding hydrogens is 284 g/mol. The fraction of sp³-hybridized carbons (Fsp3) is 0.538. The quantitative estimate of drug-likeness (QED) is 0.299. The molecule has 2 atom stereocenters. The molecule has 8 heteroatoms. The Kier molecular flexibility index (Phi) is 15.1. The van der Waals surface area contributed by atoms with Gasteiger partial charge in [-0.15, -0.1) is 0 Å². The van der Waals surface area contributed by atoms with Crippen molar-refractivity contribution in [3.05, 3.63) is 25.3 Å². The Bertz CT molecular complexity index is 315. The molecule has 0 saturated carbocycles. The highest BCUT2D eigenvalue weighted by molar-refractivity contribution is 5.81. The van der Waals surface area contributed by atoms with Gasteiger partial charge in [0.15, 0.2) is 0 Å². The van der Waals surface area contributed by atoms with Crippen LogP contribution in [0.25, 0.3) is 0 Å². The molecule has 21 heavy (non-hydrogen) atoms. The minimum absolute atomic E-state index is 0.104. The summed E-state index contributed by atoms with van der Waals surface area (Å²) in [6.07, 6.45) is 0.474. The van der Waals surface area contributed by atoms with E-state index in [2.05, 4.69) is 22.6 Å². The van der Waals surface area contributed by atoms with Crippen molar-refractivity contribution in [2.45, 2.75) is 18.6 Å². The topological polar surface area (TPSA) is 134 Å². The summed E-state index contributed by atoms with van der Waals surface area (Å²) in [6.45, 7) is 5.52. The van der Waals surface area contributed by atoms with Crippen molar-refractivity contribution in [1.29, 1.82) is 0 Å². The Morgan fingerprint density at radius 1 is 0.952 bits per heavy atom. The van der Waals surface area contributed by atoms with Gasteiger partial charge in [-0.2, -0.15) is 0 Å². The van der Waals surface area contributed by atoms with E-state index in [1.54, 1.807) is 0 Å². The second-order valence-corrected chi connectivity index (χ2v) is 3.67. The van der Waals surface area contributed by atoms with Gasteiger partial charge in [-0.05, 0) is 0 Å². The highest BCUT2D eigenvalue weighted by Gasteiger charge is 2.03. The summed E-state index contributed by atoms with van der Waals surface area (Å²) < 4.78 is 8.91. The molecule has 0 aromatic heterocycles. The summed E-state index contributed by atoms with van der Waals surface area (Å²) >= 11 is 0. The standard InChI is InChI=1S/C7H12O4.C6H10O4/c1-2-7(10)11-4-3-6(9)5-8;1-2-6(9)10-4-5(8)3-7/h2,6,8-9H,1,3-5H2;2,5,7-8H,1,3-4H2. The zero-order chi connectivity index (χ0) is 16.7. The lowest BCUT2D eigenvalue weighted by molar-refractivity contribution is -0.141. The van der Waals surface area contributed by atoms with Crippen molar-refractivity contribution in [1.82, 2.24) is 0 Å². The van der Waals surface area contributed by atoms with Gasteiger partial charge in [-0.1, -0.05) is 13.2 Å². The lowest BCUT2D eigenvalue weighted by Crippen LogP contribution is -2.21. The third-order valence-electron chi connectivity index (χ3n) is 1.87. The monoisotopic (exact) mass is 306 g/mol. The maximum atomic E-state index is 10.4. The third-order valence-corrected chi connectivity index (χ3v) is 1.87. The first kappa shape index (κ1) is 21.6. The Labute approximate surface area is 122 Å². The molecule has 0 heterocycles. The molecule has 0 aromatic rings. The van der Waals surface area contributed by atoms with Crippen molar-refractivity contribution in [2.24, 2.45) is 0 Å². The summed E-state index contributed by atoms with van der Waals surface area (Å²) in [7, 11) is 0. The molecule has 0 fully saturated rings. The minimum atomic E-state index is -0.996. The van der Waals surface area contributed by atoms with Crippen molar-refractivity contribution >= 4 is 11.9 Å². The van der Waals surface area contributed by atoms with E-state index in [1.807, 2.05) is 0 Å². The number of rotatable bonds is 9. The molecule has 8 nitrogen and oxygen atoms in total. The van der Waals surface area contributed by atoms with Gasteiger partial charge in [0.2, 0.25) is 0 Å². The normalized spacial score (nSPS) is 12.2. The first-order valence-electron chi connectivity index (χ1n) is 6.07. The van der Waals surface area contributed by atoms with Gasteiger partial charge in [0.25, 0.3) is 0 Å². The van der Waals surface area contributed by atoms with Crippen LogP contribution in [0.5, 0.6) is 0 Å². The molecule has 4 N–H and O–H groups in total. The summed E-state index contributed by atoms with van der Waals surface area (Å²) in [5, 5.41) is 34.0. The fourth-order valence-electron chi connectivity index (χ4n) is 0.736. The molecule has 0 aliphatic carbocycles. The van der Waals surface area contributed by atoms with Gasteiger partial charge in [0.05, 0.1) is 25.9 Å². The number of esters is 2. The van der Waals surface area contributed by atoms with Crippen LogP contribution in [-0.4, -0.2) is 71.0 Å². The number of aliphatic hydroxyl groups excluding tert-OH is 4. The van der Waals surface area contributed by atoms with Crippen LogP contribution in [0, 0.1) is 0 Å². The Hall–Kier alpha value is -1.74. The van der Waals surface area contributed by atoms with E-state index in [9.17, 15) is 9.59 Å². The molecule has 2 unspecified atom stereocenters. The van der Waals surface area contributed by atoms with Crippen molar-refractivity contribution in [3.8, 4) is 0 Å². The number of hydrogen-bond acceptors (Lipinski definition) is 8. The molecule has 0 amide bonds. The van der Waals surface area contributed by atoms with Crippen LogP contribution in [0.3, 0.4) is 0 Å². The summed E-state index contributed by atoms with van der Waals surface area (Å²) in [5.41, 5.74) is 0. The van der Waals surface area contributed by atoms with E-state index in [1.165, 1.54) is 0 Å². The van der Waals surface area contributed by atoms with Crippen LogP contribution in [0.2, 0.25) is 0 Å². The Balaban J connectivity index is 0. The molecule has 0 spiro atoms. The maximum Gasteiger partial charge on any atom is 0.330 e. The molecule has 0 saturated heterocycles. The second kappa shape index (κ2) is 14.7. The Morgan fingerprint density at radius 2 is 1.43 bits per heavy atom. The van der Waals surface area contributed by atoms with Crippen molar-refractivity contribution in [2.75, 3.05) is 26.4 Å². The van der Waals surface area contributed by atoms with Gasteiger partial charge in [0, 0.05) is 18.6 Å². The zero-order valence-corrected chi connectivity index (χ0v) is 11.7. The number of ether oxygens (including phenoxy) is 2.